The standard InChI is InChI=1S/C23H21ClO3/c1-23(2)12-19(26)22-17(11-18(25)14-6-4-3-5-7-14)16-10-15(24)8-9-20(16)27-21(22)13-23/h3-10,17H,11-13H2,1-2H3. The van der Waals surface area contributed by atoms with Gasteiger partial charge in [-0.05, 0) is 23.6 Å². The number of Topliss-reactive ketones (excluding diaryl/α,β-unsaturated/α-hetero) is 2. The van der Waals surface area contributed by atoms with Gasteiger partial charge in [0.1, 0.15) is 11.5 Å². The number of ketones is 2. The maximum atomic E-state index is 13.0. The zero-order valence-corrected chi connectivity index (χ0v) is 16.2. The third kappa shape index (κ3) is 3.44. The third-order valence-electron chi connectivity index (χ3n) is 5.29. The normalized spacial score (nSPS) is 20.6. The first-order valence-electron chi connectivity index (χ1n) is 9.16. The molecule has 0 fully saturated rings. The molecule has 0 spiro atoms. The van der Waals surface area contributed by atoms with Crippen LogP contribution in [0.15, 0.2) is 59.9 Å². The fourth-order valence-corrected chi connectivity index (χ4v) is 4.25. The number of ether oxygens (including phenoxy) is 1. The molecule has 0 bridgehead atoms. The van der Waals surface area contributed by atoms with Crippen LogP contribution in [0.4, 0.5) is 0 Å². The summed E-state index contributed by atoms with van der Waals surface area (Å²) in [5.41, 5.74) is 1.97. The van der Waals surface area contributed by atoms with Gasteiger partial charge >= 0.3 is 0 Å². The average molecular weight is 381 g/mol. The van der Waals surface area contributed by atoms with Crippen LogP contribution in [0.3, 0.4) is 0 Å². The number of fused-ring (bicyclic) bond motifs is 1. The summed E-state index contributed by atoms with van der Waals surface area (Å²) in [5.74, 6) is 1.15. The molecule has 0 N–H and O–H groups in total. The van der Waals surface area contributed by atoms with E-state index in [1.165, 1.54) is 0 Å². The monoisotopic (exact) mass is 380 g/mol. The molecular weight excluding hydrogens is 360 g/mol. The van der Waals surface area contributed by atoms with Crippen LogP contribution >= 0.6 is 11.6 Å². The summed E-state index contributed by atoms with van der Waals surface area (Å²) in [6.07, 6.45) is 1.37. The van der Waals surface area contributed by atoms with Gasteiger partial charge in [-0.15, -0.1) is 0 Å². The van der Waals surface area contributed by atoms with Crippen molar-refractivity contribution < 1.29 is 14.3 Å². The van der Waals surface area contributed by atoms with Gasteiger partial charge in [0.2, 0.25) is 0 Å². The summed E-state index contributed by atoms with van der Waals surface area (Å²) in [4.78, 5) is 25.9. The molecule has 3 nitrogen and oxygen atoms in total. The van der Waals surface area contributed by atoms with Crippen molar-refractivity contribution in [2.75, 3.05) is 0 Å². The first kappa shape index (κ1) is 18.0. The van der Waals surface area contributed by atoms with Gasteiger partial charge in [0.25, 0.3) is 0 Å². The maximum Gasteiger partial charge on any atom is 0.163 e. The van der Waals surface area contributed by atoms with Crippen molar-refractivity contribution in [3.05, 3.63) is 76.0 Å². The second-order valence-corrected chi connectivity index (χ2v) is 8.54. The molecular formula is C23H21ClO3. The Morgan fingerprint density at radius 3 is 2.63 bits per heavy atom. The van der Waals surface area contributed by atoms with Gasteiger partial charge in [-0.3, -0.25) is 9.59 Å². The van der Waals surface area contributed by atoms with Gasteiger partial charge in [0.05, 0.1) is 0 Å². The molecule has 138 valence electrons. The predicted molar refractivity (Wildman–Crippen MR) is 105 cm³/mol. The molecule has 2 aromatic carbocycles. The van der Waals surface area contributed by atoms with E-state index in [1.807, 2.05) is 42.5 Å². The lowest BCUT2D eigenvalue weighted by Gasteiger charge is -2.38. The molecule has 4 heteroatoms. The van der Waals surface area contributed by atoms with Crippen LogP contribution in [0.25, 0.3) is 0 Å². The molecule has 1 atom stereocenters. The lowest BCUT2D eigenvalue weighted by molar-refractivity contribution is -0.118. The van der Waals surface area contributed by atoms with Crippen molar-refractivity contribution >= 4 is 23.2 Å². The van der Waals surface area contributed by atoms with Crippen molar-refractivity contribution in [3.8, 4) is 5.75 Å². The van der Waals surface area contributed by atoms with E-state index < -0.39 is 0 Å². The van der Waals surface area contributed by atoms with E-state index in [9.17, 15) is 9.59 Å². The Balaban J connectivity index is 1.78. The number of carbonyl (C=O) groups is 2. The highest BCUT2D eigenvalue weighted by molar-refractivity contribution is 6.30. The quantitative estimate of drug-likeness (QED) is 0.638. The molecule has 1 heterocycles. The largest absolute Gasteiger partial charge is 0.461 e. The Labute approximate surface area is 164 Å². The maximum absolute atomic E-state index is 13.0. The Bertz CT molecular complexity index is 957. The third-order valence-corrected chi connectivity index (χ3v) is 5.53. The number of allylic oxidation sites excluding steroid dienone is 2. The molecule has 0 saturated heterocycles. The second kappa shape index (κ2) is 6.65. The highest BCUT2D eigenvalue weighted by Crippen LogP contribution is 2.49. The first-order valence-corrected chi connectivity index (χ1v) is 9.54. The molecule has 0 aromatic heterocycles. The number of hydrogen-bond acceptors (Lipinski definition) is 3. The van der Waals surface area contributed by atoms with E-state index in [2.05, 4.69) is 13.8 Å². The van der Waals surface area contributed by atoms with Crippen molar-refractivity contribution in [2.45, 2.75) is 39.0 Å². The van der Waals surface area contributed by atoms with E-state index >= 15 is 0 Å². The molecule has 2 aromatic rings. The van der Waals surface area contributed by atoms with Crippen molar-refractivity contribution in [1.82, 2.24) is 0 Å². The van der Waals surface area contributed by atoms with Gasteiger partial charge in [0, 0.05) is 46.9 Å². The van der Waals surface area contributed by atoms with E-state index in [0.717, 1.165) is 5.56 Å². The van der Waals surface area contributed by atoms with E-state index in [-0.39, 0.29) is 29.3 Å². The van der Waals surface area contributed by atoms with Gasteiger partial charge in [0.15, 0.2) is 11.6 Å². The van der Waals surface area contributed by atoms with Gasteiger partial charge in [-0.1, -0.05) is 55.8 Å². The van der Waals surface area contributed by atoms with E-state index in [1.54, 1.807) is 6.07 Å². The highest BCUT2D eigenvalue weighted by atomic mass is 35.5. The molecule has 0 radical (unpaired) electrons. The van der Waals surface area contributed by atoms with Crippen LogP contribution in [0.2, 0.25) is 5.02 Å². The predicted octanol–water partition coefficient (Wildman–Crippen LogP) is 5.73. The van der Waals surface area contributed by atoms with Gasteiger partial charge in [-0.25, -0.2) is 0 Å². The minimum Gasteiger partial charge on any atom is -0.461 e. The molecule has 1 aliphatic carbocycles. The number of carbonyl (C=O) groups excluding carboxylic acids is 2. The Morgan fingerprint density at radius 2 is 1.89 bits per heavy atom. The Hall–Kier alpha value is -2.39. The molecule has 2 aliphatic rings. The minimum absolute atomic E-state index is 0.0120. The Morgan fingerprint density at radius 1 is 1.15 bits per heavy atom. The first-order chi connectivity index (χ1) is 12.8. The highest BCUT2D eigenvalue weighted by Gasteiger charge is 2.42. The van der Waals surface area contributed by atoms with Crippen molar-refractivity contribution in [1.29, 1.82) is 0 Å². The van der Waals surface area contributed by atoms with Crippen LogP contribution in [-0.2, 0) is 4.79 Å². The van der Waals surface area contributed by atoms with E-state index in [0.29, 0.717) is 40.5 Å². The topological polar surface area (TPSA) is 43.4 Å². The number of benzene rings is 2. The minimum atomic E-state index is -0.321. The number of halogens is 1. The summed E-state index contributed by atoms with van der Waals surface area (Å²) in [6.45, 7) is 4.14. The van der Waals surface area contributed by atoms with Crippen molar-refractivity contribution in [3.63, 3.8) is 0 Å². The zero-order chi connectivity index (χ0) is 19.2. The lowest BCUT2D eigenvalue weighted by atomic mass is 9.70. The SMILES string of the molecule is CC1(C)CC(=O)C2=C(C1)Oc1ccc(Cl)cc1C2CC(=O)c1ccccc1. The molecule has 1 aliphatic heterocycles. The Kier molecular flexibility index (Phi) is 4.43. The molecule has 1 unspecified atom stereocenters. The van der Waals surface area contributed by atoms with Gasteiger partial charge in [-0.2, -0.15) is 0 Å². The van der Waals surface area contributed by atoms with Crippen LogP contribution in [0.1, 0.15) is 54.9 Å². The molecule has 0 saturated carbocycles. The van der Waals surface area contributed by atoms with Crippen LogP contribution < -0.4 is 4.74 Å². The van der Waals surface area contributed by atoms with Crippen molar-refractivity contribution in [2.24, 2.45) is 5.41 Å². The molecule has 0 amide bonds. The molecule has 27 heavy (non-hydrogen) atoms. The zero-order valence-electron chi connectivity index (χ0n) is 15.4. The van der Waals surface area contributed by atoms with Gasteiger partial charge < -0.3 is 4.74 Å². The second-order valence-electron chi connectivity index (χ2n) is 8.11. The van der Waals surface area contributed by atoms with Crippen LogP contribution in [0, 0.1) is 5.41 Å². The summed E-state index contributed by atoms with van der Waals surface area (Å²) in [7, 11) is 0. The summed E-state index contributed by atoms with van der Waals surface area (Å²) in [6, 6.07) is 14.6. The van der Waals surface area contributed by atoms with Crippen LogP contribution in [0.5, 0.6) is 5.75 Å². The smallest absolute Gasteiger partial charge is 0.163 e. The van der Waals surface area contributed by atoms with Crippen LogP contribution in [-0.4, -0.2) is 11.6 Å². The lowest BCUT2D eigenvalue weighted by Crippen LogP contribution is -2.33. The number of rotatable bonds is 3. The molecule has 4 rings (SSSR count). The summed E-state index contributed by atoms with van der Waals surface area (Å²) >= 11 is 6.21. The number of hydrogen-bond donors (Lipinski definition) is 0. The average Bonchev–Trinajstić information content (AvgIpc) is 2.61. The fourth-order valence-electron chi connectivity index (χ4n) is 4.07. The fraction of sp³-hybridized carbons (Fsp3) is 0.304. The van der Waals surface area contributed by atoms with E-state index in [4.69, 9.17) is 16.3 Å². The summed E-state index contributed by atoms with van der Waals surface area (Å²) < 4.78 is 6.10. The summed E-state index contributed by atoms with van der Waals surface area (Å²) in [5, 5.41) is 0.571.